The molecule has 0 saturated carbocycles. The summed E-state index contributed by atoms with van der Waals surface area (Å²) in [5, 5.41) is 3.93. The highest BCUT2D eigenvalue weighted by molar-refractivity contribution is 6.42. The fourth-order valence-corrected chi connectivity index (χ4v) is 1.57. The van der Waals surface area contributed by atoms with Crippen LogP contribution in [0.5, 0.6) is 0 Å². The minimum Gasteiger partial charge on any atom is -0.307 e. The Bertz CT molecular complexity index is 391. The first-order chi connectivity index (χ1) is 7.63. The summed E-state index contributed by atoms with van der Waals surface area (Å²) in [7, 11) is 0. The van der Waals surface area contributed by atoms with E-state index in [-0.39, 0.29) is 5.78 Å². The van der Waals surface area contributed by atoms with Crippen LogP contribution in [0.25, 0.3) is 0 Å². The third kappa shape index (κ3) is 4.35. The van der Waals surface area contributed by atoms with Gasteiger partial charge < -0.3 is 5.32 Å². The van der Waals surface area contributed by atoms with Crippen LogP contribution in [-0.4, -0.2) is 18.9 Å². The summed E-state index contributed by atoms with van der Waals surface area (Å²) in [5.74, 6) is 0.111. The molecule has 0 bridgehead atoms. The molecule has 0 atom stereocenters. The fraction of sp³-hybridized carbons (Fsp3) is 0.250. The van der Waals surface area contributed by atoms with Crippen molar-refractivity contribution in [1.29, 1.82) is 0 Å². The zero-order valence-corrected chi connectivity index (χ0v) is 10.3. The Morgan fingerprint density at radius 1 is 1.38 bits per heavy atom. The Labute approximate surface area is 105 Å². The molecule has 0 aliphatic carbocycles. The van der Waals surface area contributed by atoms with E-state index in [0.717, 1.165) is 5.56 Å². The maximum atomic E-state index is 11.5. The lowest BCUT2D eigenvalue weighted by Crippen LogP contribution is -2.24. The van der Waals surface area contributed by atoms with Crippen LogP contribution in [0, 0.1) is 0 Å². The Balaban J connectivity index is 2.49. The molecule has 0 aromatic heterocycles. The Hall–Kier alpha value is -0.830. The van der Waals surface area contributed by atoms with Crippen molar-refractivity contribution in [1.82, 2.24) is 5.32 Å². The van der Waals surface area contributed by atoms with Gasteiger partial charge in [-0.25, -0.2) is 0 Å². The molecule has 0 saturated heterocycles. The van der Waals surface area contributed by atoms with Crippen LogP contribution in [0.1, 0.15) is 5.56 Å². The zero-order valence-electron chi connectivity index (χ0n) is 8.80. The summed E-state index contributed by atoms with van der Waals surface area (Å²) >= 11 is 11.6. The van der Waals surface area contributed by atoms with Crippen molar-refractivity contribution in [2.75, 3.05) is 13.1 Å². The zero-order chi connectivity index (χ0) is 12.0. The molecular formula is C12H13Cl2NO. The third-order valence-electron chi connectivity index (χ3n) is 2.00. The van der Waals surface area contributed by atoms with Crippen LogP contribution in [0.15, 0.2) is 30.9 Å². The fourth-order valence-electron chi connectivity index (χ4n) is 1.25. The minimum atomic E-state index is 0.111. The van der Waals surface area contributed by atoms with Crippen molar-refractivity contribution in [2.24, 2.45) is 0 Å². The molecule has 2 nitrogen and oxygen atoms in total. The number of nitrogens with one attached hydrogen (secondary N) is 1. The molecule has 0 unspecified atom stereocenters. The van der Waals surface area contributed by atoms with E-state index in [2.05, 4.69) is 11.9 Å². The van der Waals surface area contributed by atoms with Gasteiger partial charge in [-0.3, -0.25) is 4.79 Å². The van der Waals surface area contributed by atoms with Crippen molar-refractivity contribution in [3.05, 3.63) is 46.5 Å². The second-order valence-corrected chi connectivity index (χ2v) is 4.20. The first kappa shape index (κ1) is 13.2. The Morgan fingerprint density at radius 3 is 2.75 bits per heavy atom. The van der Waals surface area contributed by atoms with Crippen molar-refractivity contribution < 1.29 is 4.79 Å². The minimum absolute atomic E-state index is 0.111. The number of halogens is 2. The van der Waals surface area contributed by atoms with Crippen LogP contribution in [0.4, 0.5) is 0 Å². The largest absolute Gasteiger partial charge is 0.307 e. The van der Waals surface area contributed by atoms with Gasteiger partial charge in [-0.15, -0.1) is 6.58 Å². The summed E-state index contributed by atoms with van der Waals surface area (Å²) in [6.07, 6.45) is 2.08. The van der Waals surface area contributed by atoms with E-state index in [1.54, 1.807) is 24.3 Å². The van der Waals surface area contributed by atoms with Crippen LogP contribution < -0.4 is 5.32 Å². The van der Waals surface area contributed by atoms with E-state index in [4.69, 9.17) is 23.2 Å². The van der Waals surface area contributed by atoms with E-state index >= 15 is 0 Å². The lowest BCUT2D eigenvalue weighted by atomic mass is 10.1. The second kappa shape index (κ2) is 6.69. The van der Waals surface area contributed by atoms with Crippen LogP contribution >= 0.6 is 23.2 Å². The van der Waals surface area contributed by atoms with Gasteiger partial charge in [-0.05, 0) is 17.7 Å². The monoisotopic (exact) mass is 257 g/mol. The van der Waals surface area contributed by atoms with E-state index in [0.29, 0.717) is 29.6 Å². The lowest BCUT2D eigenvalue weighted by Gasteiger charge is -2.03. The normalized spacial score (nSPS) is 10.1. The number of benzene rings is 1. The van der Waals surface area contributed by atoms with Gasteiger partial charge in [0, 0.05) is 13.0 Å². The molecular weight excluding hydrogens is 245 g/mol. The number of carbonyl (C=O) groups excluding carboxylic acids is 1. The van der Waals surface area contributed by atoms with Gasteiger partial charge in [0.2, 0.25) is 0 Å². The summed E-state index contributed by atoms with van der Waals surface area (Å²) in [4.78, 5) is 11.5. The molecule has 0 aliphatic rings. The number of rotatable bonds is 6. The van der Waals surface area contributed by atoms with Gasteiger partial charge >= 0.3 is 0 Å². The smallest absolute Gasteiger partial charge is 0.150 e. The van der Waals surface area contributed by atoms with Gasteiger partial charge in [0.05, 0.1) is 16.6 Å². The average Bonchev–Trinajstić information content (AvgIpc) is 2.24. The topological polar surface area (TPSA) is 29.1 Å². The van der Waals surface area contributed by atoms with Crippen LogP contribution in [0.2, 0.25) is 10.0 Å². The highest BCUT2D eigenvalue weighted by Crippen LogP contribution is 2.22. The van der Waals surface area contributed by atoms with Gasteiger partial charge in [0.1, 0.15) is 0 Å². The highest BCUT2D eigenvalue weighted by Gasteiger charge is 2.05. The maximum absolute atomic E-state index is 11.5. The van der Waals surface area contributed by atoms with E-state index in [9.17, 15) is 4.79 Å². The van der Waals surface area contributed by atoms with Gasteiger partial charge in [-0.1, -0.05) is 35.3 Å². The number of carbonyl (C=O) groups is 1. The highest BCUT2D eigenvalue weighted by atomic mass is 35.5. The molecule has 1 aromatic rings. The van der Waals surface area contributed by atoms with Crippen LogP contribution in [-0.2, 0) is 11.2 Å². The second-order valence-electron chi connectivity index (χ2n) is 3.38. The summed E-state index contributed by atoms with van der Waals surface area (Å²) in [6, 6.07) is 5.22. The predicted molar refractivity (Wildman–Crippen MR) is 68.2 cm³/mol. The van der Waals surface area contributed by atoms with Crippen molar-refractivity contribution in [3.8, 4) is 0 Å². The summed E-state index contributed by atoms with van der Waals surface area (Å²) in [6.45, 7) is 4.53. The first-order valence-corrected chi connectivity index (χ1v) is 5.66. The van der Waals surface area contributed by atoms with Crippen LogP contribution in [0.3, 0.4) is 0 Å². The third-order valence-corrected chi connectivity index (χ3v) is 2.74. The molecule has 0 aliphatic heterocycles. The van der Waals surface area contributed by atoms with Crippen molar-refractivity contribution in [3.63, 3.8) is 0 Å². The lowest BCUT2D eigenvalue weighted by molar-refractivity contribution is -0.117. The molecule has 0 amide bonds. The van der Waals surface area contributed by atoms with Crippen molar-refractivity contribution in [2.45, 2.75) is 6.42 Å². The molecule has 0 heterocycles. The number of hydrogen-bond acceptors (Lipinski definition) is 2. The molecule has 0 spiro atoms. The standard InChI is InChI=1S/C12H13Cl2NO/c1-2-5-15-8-10(16)6-9-3-4-11(13)12(14)7-9/h2-4,7,15H,1,5-6,8H2. The van der Waals surface area contributed by atoms with Gasteiger partial charge in [0.25, 0.3) is 0 Å². The average molecular weight is 258 g/mol. The molecule has 4 heteroatoms. The molecule has 0 radical (unpaired) electrons. The molecule has 0 fully saturated rings. The van der Waals surface area contributed by atoms with Crippen molar-refractivity contribution >= 4 is 29.0 Å². The first-order valence-electron chi connectivity index (χ1n) is 4.90. The SMILES string of the molecule is C=CCNCC(=O)Cc1ccc(Cl)c(Cl)c1. The number of ketones is 1. The van der Waals surface area contributed by atoms with E-state index < -0.39 is 0 Å². The molecule has 16 heavy (non-hydrogen) atoms. The summed E-state index contributed by atoms with van der Waals surface area (Å²) in [5.41, 5.74) is 0.875. The predicted octanol–water partition coefficient (Wildman–Crippen LogP) is 2.88. The molecule has 1 aromatic carbocycles. The van der Waals surface area contributed by atoms with Gasteiger partial charge in [0.15, 0.2) is 5.78 Å². The molecule has 86 valence electrons. The molecule has 1 N–H and O–H groups in total. The van der Waals surface area contributed by atoms with E-state index in [1.807, 2.05) is 0 Å². The molecule has 1 rings (SSSR count). The quantitative estimate of drug-likeness (QED) is 0.628. The Kier molecular flexibility index (Phi) is 5.53. The van der Waals surface area contributed by atoms with E-state index in [1.165, 1.54) is 0 Å². The Morgan fingerprint density at radius 2 is 2.12 bits per heavy atom. The van der Waals surface area contributed by atoms with Gasteiger partial charge in [-0.2, -0.15) is 0 Å². The maximum Gasteiger partial charge on any atom is 0.150 e. The summed E-state index contributed by atoms with van der Waals surface area (Å²) < 4.78 is 0. The number of hydrogen-bond donors (Lipinski definition) is 1. The number of Topliss-reactive ketones (excluding diaryl/α,β-unsaturated/α-hetero) is 1.